The predicted octanol–water partition coefficient (Wildman–Crippen LogP) is 12.2. The first kappa shape index (κ1) is 23.2. The number of rotatable bonds is 3. The van der Waals surface area contributed by atoms with Crippen LogP contribution in [0.15, 0.2) is 95.5 Å². The van der Waals surface area contributed by atoms with Crippen molar-refractivity contribution in [3.05, 3.63) is 107 Å². The van der Waals surface area contributed by atoms with Crippen molar-refractivity contribution in [3.8, 4) is 11.1 Å². The van der Waals surface area contributed by atoms with E-state index < -0.39 is 0 Å². The second-order valence-electron chi connectivity index (χ2n) is 11.8. The highest BCUT2D eigenvalue weighted by molar-refractivity contribution is 9.10. The number of fused-ring (bicyclic) bond motifs is 7. The van der Waals surface area contributed by atoms with Crippen LogP contribution in [0.3, 0.4) is 0 Å². The molecule has 0 saturated heterocycles. The van der Waals surface area contributed by atoms with Gasteiger partial charge in [-0.3, -0.25) is 0 Å². The molecule has 39 heavy (non-hydrogen) atoms. The van der Waals surface area contributed by atoms with Gasteiger partial charge in [0, 0.05) is 4.47 Å². The summed E-state index contributed by atoms with van der Waals surface area (Å²) in [6, 6.07) is 34.8. The van der Waals surface area contributed by atoms with Crippen LogP contribution in [0.5, 0.6) is 0 Å². The van der Waals surface area contributed by atoms with Crippen LogP contribution in [0, 0.1) is 0 Å². The van der Waals surface area contributed by atoms with Crippen molar-refractivity contribution in [2.45, 2.75) is 39.5 Å². The third kappa shape index (κ3) is 3.06. The molecule has 0 heterocycles. The van der Waals surface area contributed by atoms with E-state index >= 15 is 0 Å². The van der Waals surface area contributed by atoms with Gasteiger partial charge in [-0.2, -0.15) is 0 Å². The van der Waals surface area contributed by atoms with Crippen LogP contribution in [0.4, 0.5) is 0 Å². The molecule has 8 rings (SSSR count). The summed E-state index contributed by atoms with van der Waals surface area (Å²) in [6.45, 7) is 9.11. The second kappa shape index (κ2) is 8.16. The molecule has 0 radical (unpaired) electrons. The molecule has 0 aromatic heterocycles. The normalized spacial score (nSPS) is 12.7. The highest BCUT2D eigenvalue weighted by atomic mass is 79.9. The van der Waals surface area contributed by atoms with Gasteiger partial charge in [0.2, 0.25) is 0 Å². The Morgan fingerprint density at radius 3 is 1.74 bits per heavy atom. The highest BCUT2D eigenvalue weighted by Gasteiger charge is 2.25. The summed E-state index contributed by atoms with van der Waals surface area (Å²) in [5.74, 6) is 1.01. The van der Waals surface area contributed by atoms with Gasteiger partial charge < -0.3 is 0 Å². The van der Waals surface area contributed by atoms with Crippen molar-refractivity contribution < 1.29 is 0 Å². The average Bonchev–Trinajstić information content (AvgIpc) is 3.45. The third-order valence-electron chi connectivity index (χ3n) is 9.00. The third-order valence-corrected chi connectivity index (χ3v) is 9.69. The molecule has 8 aromatic carbocycles. The van der Waals surface area contributed by atoms with Gasteiger partial charge in [0.25, 0.3) is 0 Å². The van der Waals surface area contributed by atoms with Crippen molar-refractivity contribution in [1.29, 1.82) is 0 Å². The summed E-state index contributed by atoms with van der Waals surface area (Å²) in [5, 5.41) is 16.4. The van der Waals surface area contributed by atoms with Gasteiger partial charge in [0.05, 0.1) is 0 Å². The molecule has 8 aromatic rings. The summed E-state index contributed by atoms with van der Waals surface area (Å²) in [7, 11) is 0. The molecular formula is C38H29Br. The first-order valence-electron chi connectivity index (χ1n) is 14.0. The molecule has 0 nitrogen and oxygen atoms in total. The zero-order valence-corrected chi connectivity index (χ0v) is 24.3. The molecule has 0 fully saturated rings. The quantitative estimate of drug-likeness (QED) is 0.200. The fourth-order valence-corrected chi connectivity index (χ4v) is 7.52. The fourth-order valence-electron chi connectivity index (χ4n) is 7.06. The van der Waals surface area contributed by atoms with Crippen LogP contribution in [-0.2, 0) is 0 Å². The Kier molecular flexibility index (Phi) is 4.86. The van der Waals surface area contributed by atoms with Crippen LogP contribution in [0.1, 0.15) is 50.7 Å². The smallest absolute Gasteiger partial charge is 0.0254 e. The number of hydrogen-bond acceptors (Lipinski definition) is 0. The molecule has 188 valence electrons. The van der Waals surface area contributed by atoms with Gasteiger partial charge in [0.1, 0.15) is 0 Å². The predicted molar refractivity (Wildman–Crippen MR) is 175 cm³/mol. The molecule has 0 unspecified atom stereocenters. The van der Waals surface area contributed by atoms with Gasteiger partial charge >= 0.3 is 0 Å². The minimum atomic E-state index is 0.495. The van der Waals surface area contributed by atoms with Gasteiger partial charge in [-0.1, -0.05) is 129 Å². The summed E-state index contributed by atoms with van der Waals surface area (Å²) in [5.41, 5.74) is 5.43. The molecule has 0 saturated carbocycles. The number of benzene rings is 6. The zero-order valence-electron chi connectivity index (χ0n) is 22.7. The van der Waals surface area contributed by atoms with E-state index in [4.69, 9.17) is 0 Å². The van der Waals surface area contributed by atoms with Crippen molar-refractivity contribution in [2.75, 3.05) is 0 Å². The van der Waals surface area contributed by atoms with E-state index in [0.29, 0.717) is 11.8 Å². The van der Waals surface area contributed by atoms with Gasteiger partial charge in [-0.25, -0.2) is 0 Å². The molecule has 0 N–H and O–H groups in total. The maximum Gasteiger partial charge on any atom is 0.0254 e. The zero-order chi connectivity index (χ0) is 26.6. The van der Waals surface area contributed by atoms with E-state index in [-0.39, 0.29) is 0 Å². The van der Waals surface area contributed by atoms with Crippen LogP contribution >= 0.6 is 15.9 Å². The molecule has 0 aliphatic carbocycles. The van der Waals surface area contributed by atoms with Gasteiger partial charge in [0.15, 0.2) is 0 Å². The molecule has 0 atom stereocenters. The Labute approximate surface area is 237 Å². The number of hydrogen-bond donors (Lipinski definition) is 0. The standard InChI is InChI=1S/C38H29Br/c1-20(2)22-11-13-23(14-12-22)33-28-9-5-7-25-31-19-24(21(3)4)15-16-26(31)36(35(25)28)38-30-17-18-32(39)27-8-6-10-29(34(27)30)37(33)38/h5-21H,1-4H3. The van der Waals surface area contributed by atoms with Crippen molar-refractivity contribution in [3.63, 3.8) is 0 Å². The summed E-state index contributed by atoms with van der Waals surface area (Å²) in [4.78, 5) is 0. The molecule has 0 spiro atoms. The lowest BCUT2D eigenvalue weighted by Gasteiger charge is -2.14. The molecular weight excluding hydrogens is 536 g/mol. The first-order chi connectivity index (χ1) is 18.9. The minimum absolute atomic E-state index is 0.495. The lowest BCUT2D eigenvalue weighted by molar-refractivity contribution is 0.867. The van der Waals surface area contributed by atoms with Crippen LogP contribution in [0.2, 0.25) is 0 Å². The monoisotopic (exact) mass is 564 g/mol. The SMILES string of the molecule is CC(C)c1ccc(-c2c3cccc4c5cc(C(C)C)ccc5c(c34)c3c4ccc(Br)c5cccc(c23)c54)cc1. The molecule has 1 heteroatoms. The van der Waals surface area contributed by atoms with Crippen LogP contribution < -0.4 is 0 Å². The first-order valence-corrected chi connectivity index (χ1v) is 14.8. The second-order valence-corrected chi connectivity index (χ2v) is 12.6. The summed E-state index contributed by atoms with van der Waals surface area (Å²) >= 11 is 3.86. The Hall–Kier alpha value is -3.68. The molecule has 0 amide bonds. The van der Waals surface area contributed by atoms with E-state index in [1.165, 1.54) is 86.9 Å². The average molecular weight is 566 g/mol. The van der Waals surface area contributed by atoms with Crippen LogP contribution in [0.25, 0.3) is 75.8 Å². The fraction of sp³-hybridized carbons (Fsp3) is 0.158. The van der Waals surface area contributed by atoms with E-state index in [2.05, 4.69) is 135 Å². The van der Waals surface area contributed by atoms with E-state index in [1.807, 2.05) is 0 Å². The Bertz CT molecular complexity index is 2210. The van der Waals surface area contributed by atoms with E-state index in [0.717, 1.165) is 4.47 Å². The largest absolute Gasteiger partial charge is 0.0610 e. The van der Waals surface area contributed by atoms with Gasteiger partial charge in [-0.15, -0.1) is 0 Å². The van der Waals surface area contributed by atoms with Crippen molar-refractivity contribution >= 4 is 80.6 Å². The van der Waals surface area contributed by atoms with Gasteiger partial charge in [-0.05, 0) is 105 Å². The summed E-state index contributed by atoms with van der Waals surface area (Å²) < 4.78 is 1.15. The lowest BCUT2D eigenvalue weighted by Crippen LogP contribution is -1.88. The lowest BCUT2D eigenvalue weighted by atomic mass is 9.89. The Balaban J connectivity index is 1.69. The van der Waals surface area contributed by atoms with Crippen molar-refractivity contribution in [2.24, 2.45) is 0 Å². The Morgan fingerprint density at radius 2 is 1.00 bits per heavy atom. The van der Waals surface area contributed by atoms with Crippen molar-refractivity contribution in [1.82, 2.24) is 0 Å². The summed E-state index contributed by atoms with van der Waals surface area (Å²) in [6.07, 6.45) is 0. The molecule has 0 aliphatic rings. The van der Waals surface area contributed by atoms with E-state index in [9.17, 15) is 0 Å². The minimum Gasteiger partial charge on any atom is -0.0610 e. The molecule has 0 bridgehead atoms. The Morgan fingerprint density at radius 1 is 0.436 bits per heavy atom. The number of halogens is 1. The maximum atomic E-state index is 3.86. The highest BCUT2D eigenvalue weighted by Crippen LogP contribution is 2.53. The van der Waals surface area contributed by atoms with E-state index in [1.54, 1.807) is 0 Å². The maximum absolute atomic E-state index is 3.86. The van der Waals surface area contributed by atoms with Crippen LogP contribution in [-0.4, -0.2) is 0 Å². The molecule has 0 aliphatic heterocycles. The topological polar surface area (TPSA) is 0 Å².